The molecule has 1 atom stereocenters. The van der Waals surface area contributed by atoms with Crippen molar-refractivity contribution in [3.05, 3.63) is 71.8 Å². The first-order chi connectivity index (χ1) is 14.8. The van der Waals surface area contributed by atoms with Crippen LogP contribution < -0.4 is 0 Å². The Balaban J connectivity index is 1.43. The summed E-state index contributed by atoms with van der Waals surface area (Å²) >= 11 is 0. The highest BCUT2D eigenvalue weighted by Crippen LogP contribution is 2.30. The van der Waals surface area contributed by atoms with E-state index in [-0.39, 0.29) is 11.9 Å². The average Bonchev–Trinajstić information content (AvgIpc) is 2.98. The molecular weight excluding hydrogens is 370 g/mol. The molecule has 0 radical (unpaired) electrons. The van der Waals surface area contributed by atoms with Gasteiger partial charge in [0.15, 0.2) is 0 Å². The van der Waals surface area contributed by atoms with Crippen LogP contribution in [-0.4, -0.2) is 65.9 Å². The highest BCUT2D eigenvalue weighted by atomic mass is 16.2. The molecule has 0 aliphatic carbocycles. The fourth-order valence-electron chi connectivity index (χ4n) is 4.91. The molecule has 0 unspecified atom stereocenters. The van der Waals surface area contributed by atoms with E-state index < -0.39 is 0 Å². The number of carbonyl (C=O) groups is 1. The summed E-state index contributed by atoms with van der Waals surface area (Å²) in [6.45, 7) is 5.38. The van der Waals surface area contributed by atoms with E-state index in [2.05, 4.69) is 76.4 Å². The SMILES string of the molecule is C#CCN1CC[C@@H](N2CCN(C(c3ccccc3)c3ccccc3)CC2)CCC1=O. The third-order valence-electron chi connectivity index (χ3n) is 6.52. The topological polar surface area (TPSA) is 26.8 Å². The van der Waals surface area contributed by atoms with Gasteiger partial charge in [-0.05, 0) is 24.0 Å². The Morgan fingerprint density at radius 1 is 0.867 bits per heavy atom. The number of likely N-dealkylation sites (tertiary alicyclic amines) is 1. The first kappa shape index (κ1) is 20.7. The number of amides is 1. The number of piperazine rings is 1. The molecule has 1 amide bonds. The Bertz CT molecular complexity index is 813. The van der Waals surface area contributed by atoms with Gasteiger partial charge < -0.3 is 4.90 Å². The average molecular weight is 402 g/mol. The number of hydrogen-bond donors (Lipinski definition) is 0. The molecule has 4 nitrogen and oxygen atoms in total. The van der Waals surface area contributed by atoms with E-state index in [1.165, 1.54) is 11.1 Å². The summed E-state index contributed by atoms with van der Waals surface area (Å²) in [4.78, 5) is 19.3. The molecule has 0 N–H and O–H groups in total. The highest BCUT2D eigenvalue weighted by Gasteiger charge is 2.31. The molecule has 2 aromatic rings. The van der Waals surface area contributed by atoms with Gasteiger partial charge >= 0.3 is 0 Å². The maximum Gasteiger partial charge on any atom is 0.223 e. The zero-order valence-corrected chi connectivity index (χ0v) is 17.6. The molecule has 0 bridgehead atoms. The molecule has 2 heterocycles. The zero-order valence-electron chi connectivity index (χ0n) is 17.6. The molecular formula is C26H31N3O. The quantitative estimate of drug-likeness (QED) is 0.719. The van der Waals surface area contributed by atoms with Crippen molar-refractivity contribution in [1.82, 2.24) is 14.7 Å². The van der Waals surface area contributed by atoms with Crippen LogP contribution in [0.25, 0.3) is 0 Å². The third kappa shape index (κ3) is 4.75. The standard InChI is InChI=1S/C26H31N3O/c1-2-16-28-17-15-24(13-14-25(28)30)27-18-20-29(21-19-27)26(22-9-5-3-6-10-22)23-11-7-4-8-12-23/h1,3-12,24,26H,13-21H2/t24-/m0/s1. The van der Waals surface area contributed by atoms with Crippen LogP contribution >= 0.6 is 0 Å². The summed E-state index contributed by atoms with van der Waals surface area (Å²) < 4.78 is 0. The van der Waals surface area contributed by atoms with Crippen LogP contribution in [0.3, 0.4) is 0 Å². The van der Waals surface area contributed by atoms with Crippen molar-refractivity contribution in [2.24, 2.45) is 0 Å². The van der Waals surface area contributed by atoms with Crippen LogP contribution in [0.5, 0.6) is 0 Å². The third-order valence-corrected chi connectivity index (χ3v) is 6.52. The minimum Gasteiger partial charge on any atom is -0.332 e. The van der Waals surface area contributed by atoms with E-state index in [1.807, 2.05) is 4.90 Å². The molecule has 0 saturated carbocycles. The lowest BCUT2D eigenvalue weighted by Crippen LogP contribution is -2.51. The van der Waals surface area contributed by atoms with Crippen molar-refractivity contribution in [3.8, 4) is 12.3 Å². The Morgan fingerprint density at radius 3 is 2.03 bits per heavy atom. The Labute approximate surface area is 180 Å². The van der Waals surface area contributed by atoms with Gasteiger partial charge in [-0.2, -0.15) is 0 Å². The van der Waals surface area contributed by atoms with E-state index in [1.54, 1.807) is 0 Å². The fraction of sp³-hybridized carbons (Fsp3) is 0.423. The van der Waals surface area contributed by atoms with Crippen LogP contribution in [0.1, 0.15) is 36.4 Å². The van der Waals surface area contributed by atoms with Crippen molar-refractivity contribution >= 4 is 5.91 Å². The van der Waals surface area contributed by atoms with E-state index >= 15 is 0 Å². The summed E-state index contributed by atoms with van der Waals surface area (Å²) in [5.74, 6) is 2.83. The van der Waals surface area contributed by atoms with Gasteiger partial charge in [0.25, 0.3) is 0 Å². The lowest BCUT2D eigenvalue weighted by atomic mass is 9.96. The Hall–Kier alpha value is -2.61. The first-order valence-electron chi connectivity index (χ1n) is 11.1. The number of rotatable bonds is 5. The summed E-state index contributed by atoms with van der Waals surface area (Å²) in [6.07, 6.45) is 8.01. The summed E-state index contributed by atoms with van der Waals surface area (Å²) in [5, 5.41) is 0. The van der Waals surface area contributed by atoms with Crippen molar-refractivity contribution in [2.75, 3.05) is 39.3 Å². The lowest BCUT2D eigenvalue weighted by molar-refractivity contribution is -0.130. The highest BCUT2D eigenvalue weighted by molar-refractivity contribution is 5.76. The van der Waals surface area contributed by atoms with Crippen LogP contribution in [0.4, 0.5) is 0 Å². The number of hydrogen-bond acceptors (Lipinski definition) is 3. The van der Waals surface area contributed by atoms with Gasteiger partial charge in [-0.25, -0.2) is 0 Å². The summed E-state index contributed by atoms with van der Waals surface area (Å²) in [7, 11) is 0. The van der Waals surface area contributed by atoms with Crippen LogP contribution in [-0.2, 0) is 4.79 Å². The second-order valence-electron chi connectivity index (χ2n) is 8.30. The second-order valence-corrected chi connectivity index (χ2v) is 8.30. The van der Waals surface area contributed by atoms with Gasteiger partial charge in [0.05, 0.1) is 12.6 Å². The molecule has 2 saturated heterocycles. The van der Waals surface area contributed by atoms with E-state index in [0.29, 0.717) is 19.0 Å². The molecule has 4 heteroatoms. The van der Waals surface area contributed by atoms with E-state index in [4.69, 9.17) is 6.42 Å². The first-order valence-corrected chi connectivity index (χ1v) is 11.1. The molecule has 2 fully saturated rings. The number of carbonyl (C=O) groups excluding carboxylic acids is 1. The van der Waals surface area contributed by atoms with Crippen LogP contribution in [0.2, 0.25) is 0 Å². The summed E-state index contributed by atoms with van der Waals surface area (Å²) in [5.41, 5.74) is 2.70. The molecule has 156 valence electrons. The fourth-order valence-corrected chi connectivity index (χ4v) is 4.91. The summed E-state index contributed by atoms with van der Waals surface area (Å²) in [6, 6.07) is 22.4. The normalized spacial score (nSPS) is 21.4. The minimum atomic E-state index is 0.210. The van der Waals surface area contributed by atoms with Crippen LogP contribution in [0.15, 0.2) is 60.7 Å². The molecule has 2 aromatic carbocycles. The smallest absolute Gasteiger partial charge is 0.223 e. The van der Waals surface area contributed by atoms with E-state index in [9.17, 15) is 4.79 Å². The number of terminal acetylenes is 1. The Kier molecular flexibility index (Phi) is 6.84. The largest absolute Gasteiger partial charge is 0.332 e. The molecule has 0 spiro atoms. The van der Waals surface area contributed by atoms with Gasteiger partial charge in [0.1, 0.15) is 0 Å². The van der Waals surface area contributed by atoms with Gasteiger partial charge in [-0.3, -0.25) is 14.6 Å². The van der Waals surface area contributed by atoms with Crippen molar-refractivity contribution in [2.45, 2.75) is 31.3 Å². The monoisotopic (exact) mass is 401 g/mol. The van der Waals surface area contributed by atoms with Gasteiger partial charge in [-0.15, -0.1) is 6.42 Å². The minimum absolute atomic E-state index is 0.210. The number of nitrogens with zero attached hydrogens (tertiary/aromatic N) is 3. The Morgan fingerprint density at radius 2 is 1.47 bits per heavy atom. The maximum atomic E-state index is 12.3. The van der Waals surface area contributed by atoms with Gasteiger partial charge in [-0.1, -0.05) is 66.6 Å². The molecule has 2 aliphatic rings. The van der Waals surface area contributed by atoms with Crippen molar-refractivity contribution < 1.29 is 4.79 Å². The van der Waals surface area contributed by atoms with Crippen molar-refractivity contribution in [1.29, 1.82) is 0 Å². The zero-order chi connectivity index (χ0) is 20.8. The molecule has 2 aliphatic heterocycles. The predicted octanol–water partition coefficient (Wildman–Crippen LogP) is 3.41. The van der Waals surface area contributed by atoms with Crippen molar-refractivity contribution in [3.63, 3.8) is 0 Å². The lowest BCUT2D eigenvalue weighted by Gasteiger charge is -2.42. The molecule has 30 heavy (non-hydrogen) atoms. The second kappa shape index (κ2) is 9.93. The number of benzene rings is 2. The maximum absolute atomic E-state index is 12.3. The predicted molar refractivity (Wildman–Crippen MR) is 121 cm³/mol. The van der Waals surface area contributed by atoms with Gasteiger partial charge in [0.2, 0.25) is 5.91 Å². The van der Waals surface area contributed by atoms with E-state index in [0.717, 1.165) is 45.6 Å². The van der Waals surface area contributed by atoms with Gasteiger partial charge in [0, 0.05) is 45.2 Å². The molecule has 0 aromatic heterocycles. The van der Waals surface area contributed by atoms with Crippen LogP contribution in [0, 0.1) is 12.3 Å². The molecule has 4 rings (SSSR count).